The summed E-state index contributed by atoms with van der Waals surface area (Å²) >= 11 is 1.66. The van der Waals surface area contributed by atoms with Gasteiger partial charge in [0, 0.05) is 48.5 Å². The molecule has 216 valence electrons. The van der Waals surface area contributed by atoms with Gasteiger partial charge in [-0.2, -0.15) is 0 Å². The molecule has 1 N–H and O–H groups in total. The fourth-order valence-corrected chi connectivity index (χ4v) is 7.91. The first-order chi connectivity index (χ1) is 20.4. The van der Waals surface area contributed by atoms with Crippen molar-refractivity contribution >= 4 is 39.0 Å². The summed E-state index contributed by atoms with van der Waals surface area (Å²) in [6.45, 7) is 8.56. The molecule has 1 saturated heterocycles. The van der Waals surface area contributed by atoms with Gasteiger partial charge in [0.2, 0.25) is 5.91 Å². The zero-order valence-electron chi connectivity index (χ0n) is 24.2. The van der Waals surface area contributed by atoms with Crippen molar-refractivity contribution in [3.05, 3.63) is 76.7 Å². The van der Waals surface area contributed by atoms with Crippen molar-refractivity contribution < 1.29 is 9.53 Å². The van der Waals surface area contributed by atoms with Gasteiger partial charge >= 0.3 is 0 Å². The third-order valence-electron chi connectivity index (χ3n) is 8.90. The standard InChI is InChI=1S/C33H36N6O2S/c1-22-16-24(8-10-27(22)41-25-9-7-23(2)34-17-25)37-31-30-26-11-15-39(18-28(26)42-32(30)36-21-35-31)29(40)6-5-14-38-19-33(20-38)12-3-4-13-33/h5-10,16-17,21H,3-4,11-15,18-20H2,1-2H3,(H,35,36,37)/b6-5+. The maximum absolute atomic E-state index is 13.0. The van der Waals surface area contributed by atoms with E-state index < -0.39 is 0 Å². The molecule has 2 aliphatic heterocycles. The number of pyridine rings is 1. The molecule has 42 heavy (non-hydrogen) atoms. The number of ether oxygens (including phenoxy) is 1. The van der Waals surface area contributed by atoms with Crippen LogP contribution >= 0.6 is 11.3 Å². The van der Waals surface area contributed by atoms with Crippen molar-refractivity contribution in [3.63, 3.8) is 0 Å². The number of aryl methyl sites for hydroxylation is 2. The number of anilines is 2. The molecule has 3 aliphatic rings. The Kier molecular flexibility index (Phi) is 7.15. The van der Waals surface area contributed by atoms with Crippen LogP contribution < -0.4 is 10.1 Å². The van der Waals surface area contributed by atoms with Crippen LogP contribution in [0.1, 0.15) is 47.4 Å². The van der Waals surface area contributed by atoms with Crippen molar-refractivity contribution in [2.24, 2.45) is 5.41 Å². The number of rotatable bonds is 7. The van der Waals surface area contributed by atoms with Crippen LogP contribution in [-0.4, -0.2) is 56.8 Å². The second-order valence-electron chi connectivity index (χ2n) is 12.0. The summed E-state index contributed by atoms with van der Waals surface area (Å²) in [7, 11) is 0. The normalized spacial score (nSPS) is 18.0. The van der Waals surface area contributed by atoms with Gasteiger partial charge in [0.25, 0.3) is 0 Å². The minimum atomic E-state index is 0.0952. The molecule has 0 unspecified atom stereocenters. The van der Waals surface area contributed by atoms with Gasteiger partial charge in [-0.05, 0) is 80.0 Å². The maximum atomic E-state index is 13.0. The lowest BCUT2D eigenvalue weighted by atomic mass is 9.78. The predicted octanol–water partition coefficient (Wildman–Crippen LogP) is 6.56. The molecule has 1 aromatic carbocycles. The summed E-state index contributed by atoms with van der Waals surface area (Å²) in [5.74, 6) is 2.39. The van der Waals surface area contributed by atoms with Crippen LogP contribution in [0, 0.1) is 19.3 Å². The molecular formula is C33H36N6O2S. The lowest BCUT2D eigenvalue weighted by Crippen LogP contribution is -2.54. The van der Waals surface area contributed by atoms with Gasteiger partial charge < -0.3 is 15.0 Å². The minimum Gasteiger partial charge on any atom is -0.455 e. The Morgan fingerprint density at radius 2 is 1.98 bits per heavy atom. The average Bonchev–Trinajstić information content (AvgIpc) is 3.61. The predicted molar refractivity (Wildman–Crippen MR) is 167 cm³/mol. The first kappa shape index (κ1) is 27.0. The molecule has 0 atom stereocenters. The Morgan fingerprint density at radius 1 is 1.12 bits per heavy atom. The summed E-state index contributed by atoms with van der Waals surface area (Å²) in [4.78, 5) is 33.1. The second kappa shape index (κ2) is 11.1. The number of amides is 1. The number of likely N-dealkylation sites (tertiary alicyclic amines) is 1. The Morgan fingerprint density at radius 3 is 2.76 bits per heavy atom. The Labute approximate surface area is 250 Å². The van der Waals surface area contributed by atoms with Gasteiger partial charge in [-0.3, -0.25) is 14.7 Å². The highest BCUT2D eigenvalue weighted by Crippen LogP contribution is 2.45. The van der Waals surface area contributed by atoms with Crippen molar-refractivity contribution in [2.45, 2.75) is 52.5 Å². The first-order valence-corrected chi connectivity index (χ1v) is 15.7. The lowest BCUT2D eigenvalue weighted by molar-refractivity contribution is -0.126. The molecule has 1 spiro atoms. The summed E-state index contributed by atoms with van der Waals surface area (Å²) in [5.41, 5.74) is 4.73. The number of carbonyl (C=O) groups is 1. The second-order valence-corrected chi connectivity index (χ2v) is 13.1. The zero-order chi connectivity index (χ0) is 28.7. The molecule has 1 aliphatic carbocycles. The number of nitrogens with zero attached hydrogens (tertiary/aromatic N) is 5. The Bertz CT molecular complexity index is 1650. The third-order valence-corrected chi connectivity index (χ3v) is 10.0. The van der Waals surface area contributed by atoms with E-state index in [9.17, 15) is 4.79 Å². The molecule has 7 rings (SSSR count). The number of nitrogens with one attached hydrogen (secondary N) is 1. The van der Waals surface area contributed by atoms with E-state index in [0.29, 0.717) is 24.3 Å². The highest BCUT2D eigenvalue weighted by Gasteiger charge is 2.43. The number of benzene rings is 1. The number of aromatic nitrogens is 3. The van der Waals surface area contributed by atoms with Crippen LogP contribution in [0.5, 0.6) is 11.5 Å². The molecule has 2 fully saturated rings. The third kappa shape index (κ3) is 5.39. The van der Waals surface area contributed by atoms with Gasteiger partial charge in [0.1, 0.15) is 28.5 Å². The average molecular weight is 581 g/mol. The van der Waals surface area contributed by atoms with Crippen LogP contribution in [0.3, 0.4) is 0 Å². The van der Waals surface area contributed by atoms with Crippen LogP contribution in [-0.2, 0) is 17.8 Å². The van der Waals surface area contributed by atoms with Crippen LogP contribution in [0.15, 0.2) is 55.0 Å². The van der Waals surface area contributed by atoms with Crippen molar-refractivity contribution in [1.29, 1.82) is 0 Å². The molecule has 4 aromatic rings. The van der Waals surface area contributed by atoms with Gasteiger partial charge in [-0.25, -0.2) is 9.97 Å². The highest BCUT2D eigenvalue weighted by molar-refractivity contribution is 7.19. The highest BCUT2D eigenvalue weighted by atomic mass is 32.1. The Hall–Kier alpha value is -3.82. The van der Waals surface area contributed by atoms with Gasteiger partial charge in [0.15, 0.2) is 0 Å². The van der Waals surface area contributed by atoms with E-state index in [2.05, 4.69) is 31.2 Å². The van der Waals surface area contributed by atoms with E-state index >= 15 is 0 Å². The van der Waals surface area contributed by atoms with Gasteiger partial charge in [-0.15, -0.1) is 11.3 Å². The van der Waals surface area contributed by atoms with E-state index in [1.54, 1.807) is 29.9 Å². The molecular weight excluding hydrogens is 544 g/mol. The fraction of sp³-hybridized carbons (Fsp3) is 0.394. The monoisotopic (exact) mass is 580 g/mol. The van der Waals surface area contributed by atoms with Crippen molar-refractivity contribution in [1.82, 2.24) is 24.8 Å². The van der Waals surface area contributed by atoms with Gasteiger partial charge in [-0.1, -0.05) is 18.9 Å². The summed E-state index contributed by atoms with van der Waals surface area (Å²) in [5, 5.41) is 4.57. The lowest BCUT2D eigenvalue weighted by Gasteiger charge is -2.48. The largest absolute Gasteiger partial charge is 0.455 e. The van der Waals surface area contributed by atoms with E-state index in [1.165, 1.54) is 49.2 Å². The molecule has 0 radical (unpaired) electrons. The first-order valence-electron chi connectivity index (χ1n) is 14.9. The quantitative estimate of drug-likeness (QED) is 0.248. The fourth-order valence-electron chi connectivity index (χ4n) is 6.71. The smallest absolute Gasteiger partial charge is 0.246 e. The Balaban J connectivity index is 1.01. The topological polar surface area (TPSA) is 83.5 Å². The molecule has 0 bridgehead atoms. The number of hydrogen-bond acceptors (Lipinski definition) is 8. The van der Waals surface area contributed by atoms with Crippen LogP contribution in [0.25, 0.3) is 10.2 Å². The number of fused-ring (bicyclic) bond motifs is 3. The van der Waals surface area contributed by atoms with E-state index in [0.717, 1.165) is 51.7 Å². The number of thiophene rings is 1. The number of hydrogen-bond donors (Lipinski definition) is 1. The molecule has 8 nitrogen and oxygen atoms in total. The minimum absolute atomic E-state index is 0.0952. The van der Waals surface area contributed by atoms with E-state index in [1.807, 2.05) is 49.1 Å². The molecule has 1 saturated carbocycles. The maximum Gasteiger partial charge on any atom is 0.246 e. The van der Waals surface area contributed by atoms with Crippen LogP contribution in [0.4, 0.5) is 11.5 Å². The summed E-state index contributed by atoms with van der Waals surface area (Å²) in [6.07, 6.45) is 13.5. The summed E-state index contributed by atoms with van der Waals surface area (Å²) < 4.78 is 6.04. The zero-order valence-corrected chi connectivity index (χ0v) is 25.0. The molecule has 1 amide bonds. The van der Waals surface area contributed by atoms with Gasteiger partial charge in [0.05, 0.1) is 18.1 Å². The summed E-state index contributed by atoms with van der Waals surface area (Å²) in [6, 6.07) is 9.88. The molecule has 3 aromatic heterocycles. The SMILES string of the molecule is Cc1ccc(Oc2ccc(Nc3ncnc4sc5c(c34)CCN(C(=O)/C=C/CN3CC4(CCCC4)C3)C5)cc2C)cn1. The molecule has 5 heterocycles. The van der Waals surface area contributed by atoms with Crippen LogP contribution in [0.2, 0.25) is 0 Å². The number of carbonyl (C=O) groups excluding carboxylic acids is 1. The molecule has 9 heteroatoms. The van der Waals surface area contributed by atoms with E-state index in [-0.39, 0.29) is 5.91 Å². The van der Waals surface area contributed by atoms with Crippen molar-refractivity contribution in [3.8, 4) is 11.5 Å². The van der Waals surface area contributed by atoms with E-state index in [4.69, 9.17) is 4.74 Å². The van der Waals surface area contributed by atoms with Crippen molar-refractivity contribution in [2.75, 3.05) is 31.5 Å².